The number of hydrogen-bond acceptors (Lipinski definition) is 4. The van der Waals surface area contributed by atoms with E-state index in [4.69, 9.17) is 5.11 Å². The Kier molecular flexibility index (Phi) is 5.69. The molecule has 7 heteroatoms. The molecule has 6 nitrogen and oxygen atoms in total. The molecule has 1 aromatic heterocycles. The maximum absolute atomic E-state index is 11.9. The molecule has 0 bridgehead atoms. The zero-order chi connectivity index (χ0) is 15.2. The number of aromatic nitrogens is 1. The van der Waals surface area contributed by atoms with Gasteiger partial charge in [-0.15, -0.1) is 0 Å². The predicted molar refractivity (Wildman–Crippen MR) is 82.0 cm³/mol. The molecular formula is C14H18BrN3O3. The molecule has 1 amide bonds. The second-order valence-corrected chi connectivity index (χ2v) is 6.14. The van der Waals surface area contributed by atoms with Crippen molar-refractivity contribution >= 4 is 33.6 Å². The van der Waals surface area contributed by atoms with Gasteiger partial charge in [0, 0.05) is 17.1 Å². The molecule has 0 spiro atoms. The van der Waals surface area contributed by atoms with Gasteiger partial charge in [0.15, 0.2) is 0 Å². The molecule has 1 aromatic rings. The van der Waals surface area contributed by atoms with Crippen LogP contribution in [-0.4, -0.2) is 46.5 Å². The number of piperidine rings is 1. The molecule has 114 valence electrons. The largest absolute Gasteiger partial charge is 0.481 e. The Morgan fingerprint density at radius 3 is 2.67 bits per heavy atom. The Morgan fingerprint density at radius 1 is 1.38 bits per heavy atom. The van der Waals surface area contributed by atoms with Crippen LogP contribution in [0.3, 0.4) is 0 Å². The zero-order valence-corrected chi connectivity index (χ0v) is 13.2. The molecule has 0 aromatic carbocycles. The number of pyridine rings is 1. The molecule has 1 fully saturated rings. The molecule has 2 rings (SSSR count). The Bertz CT molecular complexity index is 499. The van der Waals surface area contributed by atoms with Crippen LogP contribution < -0.4 is 5.32 Å². The van der Waals surface area contributed by atoms with Gasteiger partial charge in [-0.05, 0) is 59.9 Å². The van der Waals surface area contributed by atoms with Gasteiger partial charge in [0.2, 0.25) is 5.91 Å². The number of aliphatic carboxylic acids is 1. The highest BCUT2D eigenvalue weighted by atomic mass is 79.9. The van der Waals surface area contributed by atoms with Gasteiger partial charge in [0.25, 0.3) is 0 Å². The molecule has 0 unspecified atom stereocenters. The number of rotatable bonds is 5. The molecule has 1 aliphatic rings. The van der Waals surface area contributed by atoms with E-state index in [1.807, 2.05) is 11.0 Å². The standard InChI is InChI=1S/C14H18BrN3O3/c15-11-1-2-12(16-8-11)17-13(19)9-18-5-3-10(4-6-18)7-14(20)21/h1-2,8,10H,3-7,9H2,(H,20,21)(H,16,17,19). The summed E-state index contributed by atoms with van der Waals surface area (Å²) in [5.41, 5.74) is 0. The summed E-state index contributed by atoms with van der Waals surface area (Å²) < 4.78 is 0.862. The minimum atomic E-state index is -0.743. The van der Waals surface area contributed by atoms with E-state index in [1.165, 1.54) is 0 Å². The summed E-state index contributed by atoms with van der Waals surface area (Å²) in [6.45, 7) is 1.84. The van der Waals surface area contributed by atoms with Crippen LogP contribution >= 0.6 is 15.9 Å². The van der Waals surface area contributed by atoms with Crippen LogP contribution in [0.25, 0.3) is 0 Å². The highest BCUT2D eigenvalue weighted by Gasteiger charge is 2.22. The van der Waals surface area contributed by atoms with Gasteiger partial charge in [-0.2, -0.15) is 0 Å². The molecule has 0 radical (unpaired) electrons. The molecule has 0 saturated carbocycles. The van der Waals surface area contributed by atoms with Gasteiger partial charge in [-0.1, -0.05) is 0 Å². The monoisotopic (exact) mass is 355 g/mol. The number of nitrogens with one attached hydrogen (secondary N) is 1. The molecule has 1 saturated heterocycles. The number of carbonyl (C=O) groups excluding carboxylic acids is 1. The first-order valence-corrected chi connectivity index (χ1v) is 7.68. The SMILES string of the molecule is O=C(O)CC1CCN(CC(=O)Nc2ccc(Br)cn2)CC1. The number of carbonyl (C=O) groups is 2. The number of likely N-dealkylation sites (tertiary alicyclic amines) is 1. The van der Waals surface area contributed by atoms with Crippen LogP contribution in [0.2, 0.25) is 0 Å². The lowest BCUT2D eigenvalue weighted by Crippen LogP contribution is -2.39. The maximum Gasteiger partial charge on any atom is 0.303 e. The normalized spacial score (nSPS) is 16.6. The lowest BCUT2D eigenvalue weighted by molar-refractivity contribution is -0.138. The fourth-order valence-electron chi connectivity index (χ4n) is 2.43. The van der Waals surface area contributed by atoms with E-state index < -0.39 is 5.97 Å². The van der Waals surface area contributed by atoms with Crippen molar-refractivity contribution in [1.29, 1.82) is 0 Å². The first kappa shape index (κ1) is 15.9. The van der Waals surface area contributed by atoms with E-state index >= 15 is 0 Å². The van der Waals surface area contributed by atoms with Crippen LogP contribution in [0, 0.1) is 5.92 Å². The molecule has 2 heterocycles. The van der Waals surface area contributed by atoms with Crippen LogP contribution in [0.1, 0.15) is 19.3 Å². The van der Waals surface area contributed by atoms with Gasteiger partial charge in [0.1, 0.15) is 5.82 Å². The predicted octanol–water partition coefficient (Wildman–Crippen LogP) is 1.97. The van der Waals surface area contributed by atoms with Gasteiger partial charge >= 0.3 is 5.97 Å². The summed E-state index contributed by atoms with van der Waals surface area (Å²) in [7, 11) is 0. The molecule has 0 aliphatic carbocycles. The Balaban J connectivity index is 1.74. The van der Waals surface area contributed by atoms with E-state index in [0.29, 0.717) is 12.4 Å². The molecule has 2 N–H and O–H groups in total. The van der Waals surface area contributed by atoms with E-state index in [2.05, 4.69) is 26.2 Å². The Morgan fingerprint density at radius 2 is 2.10 bits per heavy atom. The third-order valence-corrected chi connectivity index (χ3v) is 4.00. The lowest BCUT2D eigenvalue weighted by atomic mass is 9.94. The van der Waals surface area contributed by atoms with Crippen molar-refractivity contribution in [2.75, 3.05) is 25.0 Å². The summed E-state index contributed by atoms with van der Waals surface area (Å²) >= 11 is 3.29. The van der Waals surface area contributed by atoms with Crippen molar-refractivity contribution in [1.82, 2.24) is 9.88 Å². The average Bonchev–Trinajstić information content (AvgIpc) is 2.43. The zero-order valence-electron chi connectivity index (χ0n) is 11.6. The first-order valence-electron chi connectivity index (χ1n) is 6.88. The van der Waals surface area contributed by atoms with E-state index in [1.54, 1.807) is 12.3 Å². The van der Waals surface area contributed by atoms with Crippen molar-refractivity contribution in [2.24, 2.45) is 5.92 Å². The van der Waals surface area contributed by atoms with Crippen LogP contribution in [0.4, 0.5) is 5.82 Å². The minimum Gasteiger partial charge on any atom is -0.481 e. The third kappa shape index (κ3) is 5.43. The molecule has 21 heavy (non-hydrogen) atoms. The van der Waals surface area contributed by atoms with Crippen LogP contribution in [0.5, 0.6) is 0 Å². The van der Waals surface area contributed by atoms with Gasteiger partial charge in [-0.25, -0.2) is 4.98 Å². The number of hydrogen-bond donors (Lipinski definition) is 2. The molecule has 1 aliphatic heterocycles. The Hall–Kier alpha value is -1.47. The fraction of sp³-hybridized carbons (Fsp3) is 0.500. The van der Waals surface area contributed by atoms with Crippen LogP contribution in [0.15, 0.2) is 22.8 Å². The quantitative estimate of drug-likeness (QED) is 0.843. The van der Waals surface area contributed by atoms with E-state index in [0.717, 1.165) is 30.4 Å². The van der Waals surface area contributed by atoms with E-state index in [-0.39, 0.29) is 18.2 Å². The number of anilines is 1. The topological polar surface area (TPSA) is 82.5 Å². The van der Waals surface area contributed by atoms with Crippen LogP contribution in [-0.2, 0) is 9.59 Å². The highest BCUT2D eigenvalue weighted by molar-refractivity contribution is 9.10. The second kappa shape index (κ2) is 7.51. The van der Waals surface area contributed by atoms with Crippen molar-refractivity contribution in [3.63, 3.8) is 0 Å². The Labute approximate surface area is 131 Å². The number of nitrogens with zero attached hydrogens (tertiary/aromatic N) is 2. The average molecular weight is 356 g/mol. The van der Waals surface area contributed by atoms with Crippen molar-refractivity contribution in [3.05, 3.63) is 22.8 Å². The van der Waals surface area contributed by atoms with Crippen molar-refractivity contribution in [2.45, 2.75) is 19.3 Å². The summed E-state index contributed by atoms with van der Waals surface area (Å²) in [5.74, 6) is -0.0760. The summed E-state index contributed by atoms with van der Waals surface area (Å²) in [6, 6.07) is 3.56. The van der Waals surface area contributed by atoms with Crippen molar-refractivity contribution < 1.29 is 14.7 Å². The lowest BCUT2D eigenvalue weighted by Gasteiger charge is -2.30. The summed E-state index contributed by atoms with van der Waals surface area (Å²) in [4.78, 5) is 28.7. The third-order valence-electron chi connectivity index (χ3n) is 3.53. The van der Waals surface area contributed by atoms with Gasteiger partial charge in [0.05, 0.1) is 6.54 Å². The number of halogens is 1. The fourth-order valence-corrected chi connectivity index (χ4v) is 2.67. The highest BCUT2D eigenvalue weighted by Crippen LogP contribution is 2.20. The second-order valence-electron chi connectivity index (χ2n) is 5.23. The van der Waals surface area contributed by atoms with Crippen molar-refractivity contribution in [3.8, 4) is 0 Å². The smallest absolute Gasteiger partial charge is 0.303 e. The van der Waals surface area contributed by atoms with E-state index in [9.17, 15) is 9.59 Å². The van der Waals surface area contributed by atoms with Gasteiger partial charge in [-0.3, -0.25) is 14.5 Å². The van der Waals surface area contributed by atoms with Gasteiger partial charge < -0.3 is 10.4 Å². The summed E-state index contributed by atoms with van der Waals surface area (Å²) in [5, 5.41) is 11.5. The minimum absolute atomic E-state index is 0.0958. The maximum atomic E-state index is 11.9. The first-order chi connectivity index (χ1) is 10.0. The number of carboxylic acid groups (broad SMARTS) is 1. The molecule has 0 atom stereocenters. The number of amides is 1. The summed E-state index contributed by atoms with van der Waals surface area (Å²) in [6.07, 6.45) is 3.52. The number of carboxylic acids is 1. The molecular weight excluding hydrogens is 338 g/mol.